The van der Waals surface area contributed by atoms with Crippen LogP contribution in [0.2, 0.25) is 0 Å². The van der Waals surface area contributed by atoms with Gasteiger partial charge in [-0.25, -0.2) is 4.98 Å². The first-order valence-electron chi connectivity index (χ1n) is 14.5. The van der Waals surface area contributed by atoms with Crippen molar-refractivity contribution in [3.05, 3.63) is 84.2 Å². The summed E-state index contributed by atoms with van der Waals surface area (Å²) in [5.74, 6) is 3.62. The Hall–Kier alpha value is -4.66. The zero-order chi connectivity index (χ0) is 30.6. The maximum absolute atomic E-state index is 12.8. The van der Waals surface area contributed by atoms with E-state index in [2.05, 4.69) is 22.5 Å². The summed E-state index contributed by atoms with van der Waals surface area (Å²) in [7, 11) is 6.24. The van der Waals surface area contributed by atoms with Crippen molar-refractivity contribution in [3.63, 3.8) is 0 Å². The van der Waals surface area contributed by atoms with Crippen molar-refractivity contribution in [3.8, 4) is 28.7 Å². The average molecular weight is 588 g/mol. The first-order chi connectivity index (χ1) is 21.0. The Bertz CT molecular complexity index is 1510. The monoisotopic (exact) mass is 587 g/mol. The summed E-state index contributed by atoms with van der Waals surface area (Å²) < 4.78 is 30.0. The second-order valence-electron chi connectivity index (χ2n) is 9.98. The van der Waals surface area contributed by atoms with Crippen molar-refractivity contribution >= 4 is 16.9 Å². The van der Waals surface area contributed by atoms with Crippen molar-refractivity contribution in [2.45, 2.75) is 38.6 Å². The van der Waals surface area contributed by atoms with E-state index in [1.54, 1.807) is 19.2 Å². The highest BCUT2D eigenvalue weighted by Crippen LogP contribution is 2.38. The number of ether oxygens (including phenoxy) is 5. The van der Waals surface area contributed by atoms with Gasteiger partial charge in [-0.15, -0.1) is 6.58 Å². The van der Waals surface area contributed by atoms with E-state index in [4.69, 9.17) is 28.7 Å². The number of carbonyl (C=O) groups is 1. The summed E-state index contributed by atoms with van der Waals surface area (Å²) in [6.07, 6.45) is 6.22. The van der Waals surface area contributed by atoms with Crippen LogP contribution in [0.15, 0.2) is 67.3 Å². The Labute approximate surface area is 253 Å². The standard InChI is InChI=1S/C34H41N3O6/c1-6-12-24-16-17-28(29(21-24)39-2)43-20-19-37-27-14-10-9-13-26(27)36-32(37)15-8-7-11-18-35-34(38)25-22-30(40-3)33(42-5)31(23-25)41-4/h6,9-10,13-14,16-17,21-23H,1,7-8,11-12,15,18-20H2,2-5H3,(H,35,38). The van der Waals surface area contributed by atoms with Crippen LogP contribution >= 0.6 is 0 Å². The number of amides is 1. The maximum atomic E-state index is 12.8. The number of hydrogen-bond acceptors (Lipinski definition) is 7. The number of carbonyl (C=O) groups excluding carboxylic acids is 1. The summed E-state index contributed by atoms with van der Waals surface area (Å²) in [5.41, 5.74) is 3.65. The van der Waals surface area contributed by atoms with Crippen LogP contribution in [-0.4, -0.2) is 57.0 Å². The van der Waals surface area contributed by atoms with E-state index in [0.717, 1.165) is 60.3 Å². The summed E-state index contributed by atoms with van der Waals surface area (Å²) in [6.45, 7) is 5.52. The van der Waals surface area contributed by atoms with Gasteiger partial charge >= 0.3 is 0 Å². The quantitative estimate of drug-likeness (QED) is 0.119. The molecule has 0 bridgehead atoms. The van der Waals surface area contributed by atoms with E-state index in [-0.39, 0.29) is 5.91 Å². The predicted octanol–water partition coefficient (Wildman–Crippen LogP) is 6.02. The molecule has 1 aromatic heterocycles. The molecule has 4 aromatic rings. The third kappa shape index (κ3) is 7.80. The van der Waals surface area contributed by atoms with Crippen LogP contribution in [0.25, 0.3) is 11.0 Å². The number of aryl methyl sites for hydroxylation is 1. The van der Waals surface area contributed by atoms with Gasteiger partial charge in [0.25, 0.3) is 5.91 Å². The molecule has 43 heavy (non-hydrogen) atoms. The predicted molar refractivity (Wildman–Crippen MR) is 168 cm³/mol. The van der Waals surface area contributed by atoms with Gasteiger partial charge in [0.1, 0.15) is 12.4 Å². The Balaban J connectivity index is 1.30. The molecule has 0 aliphatic rings. The molecule has 1 amide bonds. The van der Waals surface area contributed by atoms with E-state index in [9.17, 15) is 4.79 Å². The Morgan fingerprint density at radius 3 is 2.33 bits per heavy atom. The lowest BCUT2D eigenvalue weighted by atomic mass is 10.1. The van der Waals surface area contributed by atoms with E-state index >= 15 is 0 Å². The molecule has 1 heterocycles. The third-order valence-corrected chi connectivity index (χ3v) is 7.20. The molecule has 0 saturated heterocycles. The average Bonchev–Trinajstić information content (AvgIpc) is 3.39. The van der Waals surface area contributed by atoms with Crippen molar-refractivity contribution in [1.29, 1.82) is 0 Å². The summed E-state index contributed by atoms with van der Waals surface area (Å²) >= 11 is 0. The molecule has 0 radical (unpaired) electrons. The smallest absolute Gasteiger partial charge is 0.251 e. The third-order valence-electron chi connectivity index (χ3n) is 7.20. The van der Waals surface area contributed by atoms with Gasteiger partial charge in [0, 0.05) is 18.5 Å². The largest absolute Gasteiger partial charge is 0.493 e. The Morgan fingerprint density at radius 2 is 1.63 bits per heavy atom. The molecule has 9 heteroatoms. The van der Waals surface area contributed by atoms with Gasteiger partial charge < -0.3 is 33.6 Å². The molecular formula is C34H41N3O6. The van der Waals surface area contributed by atoms with Gasteiger partial charge in [-0.05, 0) is 61.2 Å². The minimum Gasteiger partial charge on any atom is -0.493 e. The van der Waals surface area contributed by atoms with Crippen LogP contribution in [0.5, 0.6) is 28.7 Å². The zero-order valence-corrected chi connectivity index (χ0v) is 25.5. The number of imidazole rings is 1. The second-order valence-corrected chi connectivity index (χ2v) is 9.98. The minimum atomic E-state index is -0.187. The number of hydrogen-bond donors (Lipinski definition) is 1. The van der Waals surface area contributed by atoms with Crippen molar-refractivity contribution < 1.29 is 28.5 Å². The molecule has 9 nitrogen and oxygen atoms in total. The van der Waals surface area contributed by atoms with Crippen LogP contribution in [0.3, 0.4) is 0 Å². The molecule has 4 rings (SSSR count). The molecule has 228 valence electrons. The first-order valence-corrected chi connectivity index (χ1v) is 14.5. The van der Waals surface area contributed by atoms with Crippen molar-refractivity contribution in [2.24, 2.45) is 0 Å². The minimum absolute atomic E-state index is 0.187. The lowest BCUT2D eigenvalue weighted by molar-refractivity contribution is 0.0952. The van der Waals surface area contributed by atoms with Gasteiger partial charge in [-0.2, -0.15) is 0 Å². The fourth-order valence-corrected chi connectivity index (χ4v) is 5.04. The molecule has 1 N–H and O–H groups in total. The number of benzene rings is 3. The number of para-hydroxylation sites is 2. The second kappa shape index (κ2) is 15.5. The number of methoxy groups -OCH3 is 4. The molecule has 0 unspecified atom stereocenters. The molecule has 0 atom stereocenters. The van der Waals surface area contributed by atoms with Gasteiger partial charge in [-0.3, -0.25) is 4.79 Å². The highest BCUT2D eigenvalue weighted by Gasteiger charge is 2.17. The lowest BCUT2D eigenvalue weighted by Gasteiger charge is -2.14. The number of allylic oxidation sites excluding steroid dienone is 1. The van der Waals surface area contributed by atoms with Crippen LogP contribution in [-0.2, 0) is 19.4 Å². The van der Waals surface area contributed by atoms with E-state index in [1.807, 2.05) is 42.5 Å². The Morgan fingerprint density at radius 1 is 0.884 bits per heavy atom. The molecule has 0 spiro atoms. The van der Waals surface area contributed by atoms with E-state index in [1.165, 1.54) is 21.3 Å². The fourth-order valence-electron chi connectivity index (χ4n) is 5.04. The van der Waals surface area contributed by atoms with Crippen molar-refractivity contribution in [2.75, 3.05) is 41.6 Å². The first kappa shape index (κ1) is 31.3. The fraction of sp³-hybridized carbons (Fsp3) is 0.353. The molecular weight excluding hydrogens is 546 g/mol. The van der Waals surface area contributed by atoms with Crippen LogP contribution in [0.4, 0.5) is 0 Å². The zero-order valence-electron chi connectivity index (χ0n) is 25.5. The SMILES string of the molecule is C=CCc1ccc(OCCn2c(CCCCCNC(=O)c3cc(OC)c(OC)c(OC)c3)nc3ccccc32)c(OC)c1. The number of unbranched alkanes of at least 4 members (excludes halogenated alkanes) is 2. The number of nitrogens with zero attached hydrogens (tertiary/aromatic N) is 2. The molecule has 0 fully saturated rings. The van der Waals surface area contributed by atoms with Gasteiger partial charge in [0.05, 0.1) is 46.0 Å². The molecule has 0 saturated carbocycles. The van der Waals surface area contributed by atoms with Gasteiger partial charge in [0.15, 0.2) is 23.0 Å². The van der Waals surface area contributed by atoms with Crippen LogP contribution in [0, 0.1) is 0 Å². The van der Waals surface area contributed by atoms with Gasteiger partial charge in [0.2, 0.25) is 5.75 Å². The topological polar surface area (TPSA) is 93.1 Å². The molecule has 0 aliphatic carbocycles. The highest BCUT2D eigenvalue weighted by atomic mass is 16.5. The summed E-state index contributed by atoms with van der Waals surface area (Å²) in [5, 5.41) is 2.99. The van der Waals surface area contributed by atoms with Crippen LogP contribution in [0.1, 0.15) is 41.0 Å². The molecule has 3 aromatic carbocycles. The van der Waals surface area contributed by atoms with Gasteiger partial charge in [-0.1, -0.05) is 30.7 Å². The summed E-state index contributed by atoms with van der Waals surface area (Å²) in [6, 6.07) is 17.4. The van der Waals surface area contributed by atoms with Crippen molar-refractivity contribution in [1.82, 2.24) is 14.9 Å². The van der Waals surface area contributed by atoms with Crippen LogP contribution < -0.4 is 29.0 Å². The maximum Gasteiger partial charge on any atom is 0.251 e. The molecule has 0 aliphatic heterocycles. The van der Waals surface area contributed by atoms with E-state index < -0.39 is 0 Å². The number of nitrogens with one attached hydrogen (secondary N) is 1. The Kier molecular flexibility index (Phi) is 11.3. The normalized spacial score (nSPS) is 10.8. The van der Waals surface area contributed by atoms with E-state index in [0.29, 0.717) is 48.3 Å². The number of rotatable bonds is 17. The lowest BCUT2D eigenvalue weighted by Crippen LogP contribution is -2.24. The highest BCUT2D eigenvalue weighted by molar-refractivity contribution is 5.95. The summed E-state index contributed by atoms with van der Waals surface area (Å²) in [4.78, 5) is 17.7. The number of aromatic nitrogens is 2. The number of fused-ring (bicyclic) bond motifs is 1.